The van der Waals surface area contributed by atoms with Crippen molar-refractivity contribution in [2.24, 2.45) is 0 Å². The molecule has 0 fully saturated rings. The van der Waals surface area contributed by atoms with Gasteiger partial charge in [0.2, 0.25) is 0 Å². The number of hydrogen-bond donors (Lipinski definition) is 1. The molecule has 18 heavy (non-hydrogen) atoms. The second-order valence-corrected chi connectivity index (χ2v) is 4.90. The third-order valence-corrected chi connectivity index (χ3v) is 3.10. The van der Waals surface area contributed by atoms with Gasteiger partial charge in [-0.25, -0.2) is 9.37 Å². The third kappa shape index (κ3) is 2.30. The number of aryl methyl sites for hydroxylation is 1. The summed E-state index contributed by atoms with van der Waals surface area (Å²) >= 11 is 0. The third-order valence-electron chi connectivity index (χ3n) is 3.10. The molecule has 0 bridgehead atoms. The summed E-state index contributed by atoms with van der Waals surface area (Å²) in [6, 6.07) is 5.17. The summed E-state index contributed by atoms with van der Waals surface area (Å²) in [5.74, 6) is 1.03. The zero-order valence-electron chi connectivity index (χ0n) is 11.3. The number of halogens is 1. The smallest absolute Gasteiger partial charge is 0.130 e. The Kier molecular flexibility index (Phi) is 3.50. The van der Waals surface area contributed by atoms with Crippen molar-refractivity contribution in [3.05, 3.63) is 35.1 Å². The van der Waals surface area contributed by atoms with E-state index in [1.807, 2.05) is 13.8 Å². The number of fused-ring (bicyclic) bond motifs is 1. The molecule has 0 saturated carbocycles. The highest BCUT2D eigenvalue weighted by Gasteiger charge is 2.11. The van der Waals surface area contributed by atoms with E-state index in [4.69, 9.17) is 0 Å². The number of hydrogen-bond acceptors (Lipinski definition) is 2. The van der Waals surface area contributed by atoms with Crippen LogP contribution in [-0.4, -0.2) is 11.5 Å². The molecule has 2 nitrogen and oxygen atoms in total. The van der Waals surface area contributed by atoms with Gasteiger partial charge in [-0.2, -0.15) is 0 Å². The minimum atomic E-state index is -0.229. The van der Waals surface area contributed by atoms with E-state index in [1.165, 1.54) is 11.6 Å². The molecule has 1 N–H and O–H groups in total. The molecule has 2 aromatic rings. The van der Waals surface area contributed by atoms with E-state index in [-0.39, 0.29) is 5.82 Å². The Labute approximate surface area is 107 Å². The molecule has 0 amide bonds. The van der Waals surface area contributed by atoms with Gasteiger partial charge in [0.1, 0.15) is 11.6 Å². The van der Waals surface area contributed by atoms with Crippen LogP contribution in [0.1, 0.15) is 37.8 Å². The molecule has 0 atom stereocenters. The molecule has 0 aliphatic carbocycles. The van der Waals surface area contributed by atoms with Crippen LogP contribution in [0.3, 0.4) is 0 Å². The van der Waals surface area contributed by atoms with E-state index in [1.54, 1.807) is 6.07 Å². The maximum Gasteiger partial charge on any atom is 0.130 e. The lowest BCUT2D eigenvalue weighted by molar-refractivity contribution is 0.628. The number of aromatic nitrogens is 1. The molecule has 0 saturated heterocycles. The fraction of sp³-hybridized carbons (Fsp3) is 0.400. The maximum atomic E-state index is 13.4. The van der Waals surface area contributed by atoms with Crippen molar-refractivity contribution in [2.45, 2.75) is 33.6 Å². The van der Waals surface area contributed by atoms with Crippen molar-refractivity contribution in [1.82, 2.24) is 4.98 Å². The Morgan fingerprint density at radius 3 is 2.61 bits per heavy atom. The number of rotatable bonds is 3. The predicted molar refractivity (Wildman–Crippen MR) is 74.7 cm³/mol. The van der Waals surface area contributed by atoms with Crippen LogP contribution < -0.4 is 5.32 Å². The number of nitrogens with zero attached hydrogens (tertiary/aromatic N) is 1. The SMILES string of the molecule is CCNc1nc2cc(F)cc(C)c2cc1C(C)C. The summed E-state index contributed by atoms with van der Waals surface area (Å²) in [6.45, 7) is 9.05. The van der Waals surface area contributed by atoms with Gasteiger partial charge in [-0.05, 0) is 43.0 Å². The van der Waals surface area contributed by atoms with Crippen molar-refractivity contribution in [3.63, 3.8) is 0 Å². The summed E-state index contributed by atoms with van der Waals surface area (Å²) in [5, 5.41) is 4.28. The van der Waals surface area contributed by atoms with Crippen LogP contribution in [0.25, 0.3) is 10.9 Å². The zero-order valence-corrected chi connectivity index (χ0v) is 11.3. The van der Waals surface area contributed by atoms with Crippen molar-refractivity contribution in [3.8, 4) is 0 Å². The van der Waals surface area contributed by atoms with Crippen LogP contribution in [0.15, 0.2) is 18.2 Å². The normalized spacial score (nSPS) is 11.2. The van der Waals surface area contributed by atoms with Gasteiger partial charge in [-0.15, -0.1) is 0 Å². The van der Waals surface area contributed by atoms with E-state index in [9.17, 15) is 4.39 Å². The lowest BCUT2D eigenvalue weighted by Gasteiger charge is -2.15. The van der Waals surface area contributed by atoms with E-state index in [0.717, 1.165) is 23.3 Å². The van der Waals surface area contributed by atoms with Crippen molar-refractivity contribution < 1.29 is 4.39 Å². The zero-order chi connectivity index (χ0) is 13.3. The minimum absolute atomic E-state index is 0.229. The molecule has 1 aromatic carbocycles. The molecule has 3 heteroatoms. The van der Waals surface area contributed by atoms with E-state index >= 15 is 0 Å². The van der Waals surface area contributed by atoms with Crippen LogP contribution in [-0.2, 0) is 0 Å². The van der Waals surface area contributed by atoms with Crippen LogP contribution in [0.2, 0.25) is 0 Å². The molecule has 0 aliphatic rings. The molecule has 0 spiro atoms. The van der Waals surface area contributed by atoms with Gasteiger partial charge in [-0.3, -0.25) is 0 Å². The molecule has 0 radical (unpaired) electrons. The minimum Gasteiger partial charge on any atom is -0.370 e. The largest absolute Gasteiger partial charge is 0.370 e. The lowest BCUT2D eigenvalue weighted by atomic mass is 9.99. The van der Waals surface area contributed by atoms with Gasteiger partial charge in [0, 0.05) is 18.0 Å². The Bertz CT molecular complexity index is 576. The van der Waals surface area contributed by atoms with E-state index < -0.39 is 0 Å². The maximum absolute atomic E-state index is 13.4. The average molecular weight is 246 g/mol. The second kappa shape index (κ2) is 4.92. The van der Waals surface area contributed by atoms with Gasteiger partial charge in [0.15, 0.2) is 0 Å². The molecular weight excluding hydrogens is 227 g/mol. The highest BCUT2D eigenvalue weighted by atomic mass is 19.1. The first kappa shape index (κ1) is 12.8. The average Bonchev–Trinajstić information content (AvgIpc) is 2.27. The summed E-state index contributed by atoms with van der Waals surface area (Å²) in [7, 11) is 0. The molecule has 1 heterocycles. The quantitative estimate of drug-likeness (QED) is 0.876. The number of nitrogens with one attached hydrogen (secondary N) is 1. The van der Waals surface area contributed by atoms with Crippen LogP contribution in [0.4, 0.5) is 10.2 Å². The number of anilines is 1. The first-order valence-corrected chi connectivity index (χ1v) is 6.37. The van der Waals surface area contributed by atoms with Crippen LogP contribution in [0, 0.1) is 12.7 Å². The Balaban J connectivity index is 2.72. The fourth-order valence-corrected chi connectivity index (χ4v) is 2.17. The summed E-state index contributed by atoms with van der Waals surface area (Å²) in [5.41, 5.74) is 2.83. The molecule has 0 aliphatic heterocycles. The van der Waals surface area contributed by atoms with Crippen molar-refractivity contribution in [2.75, 3.05) is 11.9 Å². The number of benzene rings is 1. The number of pyridine rings is 1. The van der Waals surface area contributed by atoms with Gasteiger partial charge in [0.25, 0.3) is 0 Å². The summed E-state index contributed by atoms with van der Waals surface area (Å²) < 4.78 is 13.4. The van der Waals surface area contributed by atoms with Crippen molar-refractivity contribution in [1.29, 1.82) is 0 Å². The van der Waals surface area contributed by atoms with Gasteiger partial charge < -0.3 is 5.32 Å². The standard InChI is InChI=1S/C15H19FN2/c1-5-17-15-12(9(2)3)8-13-10(4)6-11(16)7-14(13)18-15/h6-9H,5H2,1-4H3,(H,17,18). The fourth-order valence-electron chi connectivity index (χ4n) is 2.17. The molecule has 0 unspecified atom stereocenters. The Hall–Kier alpha value is -1.64. The Morgan fingerprint density at radius 1 is 1.28 bits per heavy atom. The first-order valence-electron chi connectivity index (χ1n) is 6.37. The predicted octanol–water partition coefficient (Wildman–Crippen LogP) is 4.24. The topological polar surface area (TPSA) is 24.9 Å². The van der Waals surface area contributed by atoms with Crippen molar-refractivity contribution >= 4 is 16.7 Å². The highest BCUT2D eigenvalue weighted by Crippen LogP contribution is 2.28. The molecule has 96 valence electrons. The highest BCUT2D eigenvalue weighted by molar-refractivity contribution is 5.85. The Morgan fingerprint density at radius 2 is 2.00 bits per heavy atom. The van der Waals surface area contributed by atoms with Crippen LogP contribution >= 0.6 is 0 Å². The second-order valence-electron chi connectivity index (χ2n) is 4.90. The molecule has 2 rings (SSSR count). The van der Waals surface area contributed by atoms with Crippen LogP contribution in [0.5, 0.6) is 0 Å². The van der Waals surface area contributed by atoms with Gasteiger partial charge in [0.05, 0.1) is 5.52 Å². The first-order chi connectivity index (χ1) is 8.52. The summed E-state index contributed by atoms with van der Waals surface area (Å²) in [6.07, 6.45) is 0. The van der Waals surface area contributed by atoms with E-state index in [2.05, 4.69) is 30.2 Å². The molecular formula is C15H19FN2. The molecule has 1 aromatic heterocycles. The van der Waals surface area contributed by atoms with E-state index in [0.29, 0.717) is 11.4 Å². The monoisotopic (exact) mass is 246 g/mol. The van der Waals surface area contributed by atoms with Gasteiger partial charge in [-0.1, -0.05) is 13.8 Å². The van der Waals surface area contributed by atoms with Gasteiger partial charge >= 0.3 is 0 Å². The lowest BCUT2D eigenvalue weighted by Crippen LogP contribution is -2.05. The summed E-state index contributed by atoms with van der Waals surface area (Å²) in [4.78, 5) is 4.56.